The topological polar surface area (TPSA) is 104 Å². The number of unbranched alkanes of at least 4 members (excludes halogenated alkanes) is 7. The van der Waals surface area contributed by atoms with E-state index in [4.69, 9.17) is 10.2 Å². The van der Waals surface area contributed by atoms with Crippen molar-refractivity contribution < 1.29 is 24.6 Å². The average molecular weight is 428 g/mol. The van der Waals surface area contributed by atoms with Crippen LogP contribution in [-0.4, -0.2) is 34.6 Å². The predicted molar refractivity (Wildman–Crippen MR) is 121 cm³/mol. The molecule has 3 N–H and O–H groups in total. The molecule has 0 bridgehead atoms. The van der Waals surface area contributed by atoms with Gasteiger partial charge in [0, 0.05) is 25.8 Å². The Morgan fingerprint density at radius 1 is 0.600 bits per heavy atom. The summed E-state index contributed by atoms with van der Waals surface area (Å²) >= 11 is 0. The first-order chi connectivity index (χ1) is 14.5. The van der Waals surface area contributed by atoms with Gasteiger partial charge in [-0.2, -0.15) is 0 Å². The zero-order valence-corrected chi connectivity index (χ0v) is 19.0. The summed E-state index contributed by atoms with van der Waals surface area (Å²) in [4.78, 5) is 31.7. The van der Waals surface area contributed by atoms with Gasteiger partial charge in [-0.15, -0.1) is 0 Å². The summed E-state index contributed by atoms with van der Waals surface area (Å²) in [5.41, 5.74) is 0. The molecule has 1 heterocycles. The molecule has 0 atom stereocenters. The maximum atomic E-state index is 11.3. The molecule has 0 aliphatic carbocycles. The lowest BCUT2D eigenvalue weighted by Crippen LogP contribution is -2.23. The summed E-state index contributed by atoms with van der Waals surface area (Å²) in [5.74, 6) is -1.17. The molecule has 0 spiro atoms. The van der Waals surface area contributed by atoms with E-state index in [1.54, 1.807) is 0 Å². The average Bonchev–Trinajstić information content (AvgIpc) is 2.72. The largest absolute Gasteiger partial charge is 0.481 e. The second-order valence-corrected chi connectivity index (χ2v) is 8.40. The number of hydrogen-bond donors (Lipinski definition) is 3. The van der Waals surface area contributed by atoms with Gasteiger partial charge in [0.2, 0.25) is 5.91 Å². The Kier molecular flexibility index (Phi) is 20.9. The third kappa shape index (κ3) is 24.4. The van der Waals surface area contributed by atoms with Crippen LogP contribution in [0.5, 0.6) is 0 Å². The van der Waals surface area contributed by atoms with Crippen molar-refractivity contribution in [3.8, 4) is 0 Å². The summed E-state index contributed by atoms with van der Waals surface area (Å²) < 4.78 is 0. The molecule has 1 aliphatic heterocycles. The second kappa shape index (κ2) is 22.1. The Hall–Kier alpha value is -1.59. The van der Waals surface area contributed by atoms with Crippen LogP contribution in [0, 0.1) is 0 Å². The molecule has 1 aliphatic rings. The molecule has 6 nitrogen and oxygen atoms in total. The van der Waals surface area contributed by atoms with Crippen LogP contribution in [-0.2, 0) is 14.4 Å². The lowest BCUT2D eigenvalue weighted by Gasteiger charge is -2.03. The molecule has 176 valence electrons. The third-order valence-corrected chi connectivity index (χ3v) is 5.43. The minimum atomic E-state index is -0.714. The first kappa shape index (κ1) is 28.4. The van der Waals surface area contributed by atoms with Gasteiger partial charge in [0.25, 0.3) is 0 Å². The van der Waals surface area contributed by atoms with Gasteiger partial charge in [0.05, 0.1) is 0 Å². The lowest BCUT2D eigenvalue weighted by atomic mass is 10.1. The molecular weight excluding hydrogens is 382 g/mol. The Morgan fingerprint density at radius 3 is 1.40 bits per heavy atom. The summed E-state index contributed by atoms with van der Waals surface area (Å²) in [5, 5.41) is 19.8. The van der Waals surface area contributed by atoms with Crippen molar-refractivity contribution in [3.63, 3.8) is 0 Å². The van der Waals surface area contributed by atoms with Gasteiger partial charge in [0.15, 0.2) is 0 Å². The number of carbonyl (C=O) groups excluding carboxylic acids is 1. The Balaban J connectivity index is 0.000000564. The number of amides is 1. The maximum absolute atomic E-state index is 11.3. The van der Waals surface area contributed by atoms with Crippen molar-refractivity contribution in [3.05, 3.63) is 0 Å². The minimum Gasteiger partial charge on any atom is -0.481 e. The van der Waals surface area contributed by atoms with E-state index in [0.717, 1.165) is 77.2 Å². The number of nitrogens with one attached hydrogen (secondary N) is 1. The molecule has 1 amide bonds. The molecule has 0 aromatic carbocycles. The minimum absolute atomic E-state index is 0.254. The van der Waals surface area contributed by atoms with Crippen molar-refractivity contribution in [2.24, 2.45) is 0 Å². The Bertz CT molecular complexity index is 401. The van der Waals surface area contributed by atoms with Gasteiger partial charge < -0.3 is 15.5 Å². The predicted octanol–water partition coefficient (Wildman–Crippen LogP) is 6.07. The highest BCUT2D eigenvalue weighted by atomic mass is 16.4. The highest BCUT2D eigenvalue weighted by Gasteiger charge is 2.01. The summed E-state index contributed by atoms with van der Waals surface area (Å²) in [6.45, 7) is 0.888. The van der Waals surface area contributed by atoms with E-state index in [9.17, 15) is 14.4 Å². The molecule has 0 aromatic rings. The van der Waals surface area contributed by atoms with Crippen LogP contribution in [0.1, 0.15) is 128 Å². The van der Waals surface area contributed by atoms with Crippen LogP contribution in [0.15, 0.2) is 0 Å². The number of rotatable bonds is 11. The highest BCUT2D eigenvalue weighted by Crippen LogP contribution is 2.12. The fourth-order valence-corrected chi connectivity index (χ4v) is 3.58. The summed E-state index contributed by atoms with van der Waals surface area (Å²) in [7, 11) is 0. The van der Waals surface area contributed by atoms with E-state index >= 15 is 0 Å². The van der Waals surface area contributed by atoms with Gasteiger partial charge in [-0.1, -0.05) is 83.5 Å². The molecule has 0 unspecified atom stereocenters. The molecule has 30 heavy (non-hydrogen) atoms. The number of aliphatic carboxylic acids is 2. The van der Waals surface area contributed by atoms with E-state index in [1.165, 1.54) is 44.9 Å². The Morgan fingerprint density at radius 2 is 0.967 bits per heavy atom. The van der Waals surface area contributed by atoms with Gasteiger partial charge in [-0.05, 0) is 25.7 Å². The van der Waals surface area contributed by atoms with E-state index in [1.807, 2.05) is 0 Å². The fraction of sp³-hybridized carbons (Fsp3) is 0.875. The van der Waals surface area contributed by atoms with Gasteiger partial charge in [0.1, 0.15) is 0 Å². The van der Waals surface area contributed by atoms with Crippen molar-refractivity contribution in [2.45, 2.75) is 128 Å². The van der Waals surface area contributed by atoms with E-state index < -0.39 is 11.9 Å². The van der Waals surface area contributed by atoms with Crippen molar-refractivity contribution >= 4 is 17.8 Å². The monoisotopic (exact) mass is 427 g/mol. The smallest absolute Gasteiger partial charge is 0.303 e. The third-order valence-electron chi connectivity index (χ3n) is 5.43. The van der Waals surface area contributed by atoms with Crippen LogP contribution in [0.4, 0.5) is 0 Å². The van der Waals surface area contributed by atoms with Gasteiger partial charge >= 0.3 is 11.9 Å². The number of hydrogen-bond acceptors (Lipinski definition) is 3. The standard InChI is InChI=1S/C12H23NO.C12H22O4/c14-12-10-8-6-4-2-1-3-5-7-9-11-13-12;13-11(14)9-7-5-3-1-2-4-6-8-10-12(15)16/h1-11H2,(H,13,14);1-10H2,(H,13,14)(H,15,16). The van der Waals surface area contributed by atoms with E-state index in [-0.39, 0.29) is 18.7 Å². The quantitative estimate of drug-likeness (QED) is 0.347. The van der Waals surface area contributed by atoms with Crippen molar-refractivity contribution in [1.29, 1.82) is 0 Å². The van der Waals surface area contributed by atoms with E-state index in [0.29, 0.717) is 0 Å². The van der Waals surface area contributed by atoms with E-state index in [2.05, 4.69) is 5.32 Å². The number of carbonyl (C=O) groups is 3. The number of carboxylic acid groups (broad SMARTS) is 2. The fourth-order valence-electron chi connectivity index (χ4n) is 3.58. The van der Waals surface area contributed by atoms with Crippen LogP contribution in [0.2, 0.25) is 0 Å². The normalized spacial score (nSPS) is 16.1. The van der Waals surface area contributed by atoms with Crippen LogP contribution >= 0.6 is 0 Å². The molecule has 1 rings (SSSR count). The number of carboxylic acids is 2. The zero-order chi connectivity index (χ0) is 22.3. The molecule has 0 radical (unpaired) electrons. The molecular formula is C24H45NO5. The Labute approximate surface area is 183 Å². The van der Waals surface area contributed by atoms with Crippen molar-refractivity contribution in [1.82, 2.24) is 5.32 Å². The second-order valence-electron chi connectivity index (χ2n) is 8.40. The molecule has 0 aromatic heterocycles. The molecule has 0 saturated carbocycles. The zero-order valence-electron chi connectivity index (χ0n) is 19.0. The lowest BCUT2D eigenvalue weighted by molar-refractivity contribution is -0.138. The summed E-state index contributed by atoms with van der Waals surface area (Å²) in [6, 6.07) is 0. The molecule has 1 saturated heterocycles. The maximum Gasteiger partial charge on any atom is 0.303 e. The van der Waals surface area contributed by atoms with Crippen LogP contribution < -0.4 is 5.32 Å². The van der Waals surface area contributed by atoms with Crippen LogP contribution in [0.3, 0.4) is 0 Å². The first-order valence-electron chi connectivity index (χ1n) is 12.2. The molecule has 1 fully saturated rings. The SMILES string of the molecule is O=C(O)CCCCCCCCCCC(=O)O.O=C1CCCCCCCCCCCN1. The summed E-state index contributed by atoms with van der Waals surface area (Å²) in [6.07, 6.45) is 20.8. The molecule has 6 heteroatoms. The first-order valence-corrected chi connectivity index (χ1v) is 12.2. The van der Waals surface area contributed by atoms with Gasteiger partial charge in [-0.25, -0.2) is 0 Å². The highest BCUT2D eigenvalue weighted by molar-refractivity contribution is 5.75. The van der Waals surface area contributed by atoms with Crippen molar-refractivity contribution in [2.75, 3.05) is 6.54 Å². The van der Waals surface area contributed by atoms with Crippen LogP contribution in [0.25, 0.3) is 0 Å². The van der Waals surface area contributed by atoms with Gasteiger partial charge in [-0.3, -0.25) is 14.4 Å².